The predicted molar refractivity (Wildman–Crippen MR) is 94.7 cm³/mol. The van der Waals surface area contributed by atoms with E-state index in [1.165, 1.54) is 11.1 Å². The lowest BCUT2D eigenvalue weighted by Crippen LogP contribution is -2.51. The van der Waals surface area contributed by atoms with Crippen LogP contribution >= 0.6 is 0 Å². The van der Waals surface area contributed by atoms with E-state index in [1.54, 1.807) is 0 Å². The number of amides is 3. The molecule has 0 radical (unpaired) electrons. The molecule has 1 aromatic rings. The van der Waals surface area contributed by atoms with E-state index < -0.39 is 6.03 Å². The maximum absolute atomic E-state index is 11.9. The lowest BCUT2D eigenvalue weighted by atomic mass is 10.1. The number of urea groups is 1. The molecule has 0 bridgehead atoms. The van der Waals surface area contributed by atoms with Crippen molar-refractivity contribution >= 4 is 11.9 Å². The van der Waals surface area contributed by atoms with Crippen molar-refractivity contribution in [3.8, 4) is 0 Å². The van der Waals surface area contributed by atoms with Crippen molar-refractivity contribution in [2.45, 2.75) is 33.4 Å². The Morgan fingerprint density at radius 1 is 1.12 bits per heavy atom. The summed E-state index contributed by atoms with van der Waals surface area (Å²) in [5.41, 5.74) is 2.61. The molecule has 24 heavy (non-hydrogen) atoms. The predicted octanol–water partition coefficient (Wildman–Crippen LogP) is 1.35. The fourth-order valence-electron chi connectivity index (χ4n) is 2.84. The first-order chi connectivity index (χ1) is 11.4. The van der Waals surface area contributed by atoms with Gasteiger partial charge in [0.25, 0.3) is 0 Å². The Kier molecular flexibility index (Phi) is 6.75. The van der Waals surface area contributed by atoms with Gasteiger partial charge in [0.15, 0.2) is 0 Å². The minimum absolute atomic E-state index is 0.0166. The van der Waals surface area contributed by atoms with Crippen LogP contribution in [0.15, 0.2) is 24.3 Å². The molecule has 3 amide bonds. The fourth-order valence-corrected chi connectivity index (χ4v) is 2.84. The summed E-state index contributed by atoms with van der Waals surface area (Å²) < 4.78 is 0. The third kappa shape index (κ3) is 6.29. The van der Waals surface area contributed by atoms with Crippen LogP contribution in [0.1, 0.15) is 25.0 Å². The Morgan fingerprint density at radius 3 is 2.42 bits per heavy atom. The van der Waals surface area contributed by atoms with Crippen LogP contribution in [0.5, 0.6) is 0 Å². The van der Waals surface area contributed by atoms with Crippen molar-refractivity contribution in [3.63, 3.8) is 0 Å². The summed E-state index contributed by atoms with van der Waals surface area (Å²) in [5.74, 6) is -0.250. The van der Waals surface area contributed by atoms with Crippen LogP contribution < -0.4 is 10.6 Å². The molecular weight excluding hydrogens is 304 g/mol. The molecule has 0 spiro atoms. The number of rotatable bonds is 5. The molecule has 0 aromatic heterocycles. The molecule has 6 heteroatoms. The van der Waals surface area contributed by atoms with Gasteiger partial charge < -0.3 is 5.32 Å². The maximum Gasteiger partial charge on any atom is 0.321 e. The smallest absolute Gasteiger partial charge is 0.321 e. The number of aryl methyl sites for hydroxylation is 1. The molecule has 1 fully saturated rings. The quantitative estimate of drug-likeness (QED) is 0.854. The lowest BCUT2D eigenvalue weighted by molar-refractivity contribution is -0.121. The number of carbonyl (C=O) groups excluding carboxylic acids is 2. The number of hydrogen-bond acceptors (Lipinski definition) is 4. The highest BCUT2D eigenvalue weighted by Crippen LogP contribution is 2.10. The molecule has 1 aliphatic rings. The second-order valence-corrected chi connectivity index (χ2v) is 6.72. The summed E-state index contributed by atoms with van der Waals surface area (Å²) in [5, 5.41) is 5.02. The zero-order valence-electron chi connectivity index (χ0n) is 14.8. The molecule has 0 unspecified atom stereocenters. The average Bonchev–Trinajstić information content (AvgIpc) is 2.48. The van der Waals surface area contributed by atoms with Crippen molar-refractivity contribution in [1.29, 1.82) is 0 Å². The van der Waals surface area contributed by atoms with Gasteiger partial charge in [-0.3, -0.25) is 19.9 Å². The minimum Gasteiger partial charge on any atom is -0.336 e. The van der Waals surface area contributed by atoms with Crippen LogP contribution in [0.3, 0.4) is 0 Å². The summed E-state index contributed by atoms with van der Waals surface area (Å²) in [6, 6.07) is 8.16. The van der Waals surface area contributed by atoms with E-state index in [0.29, 0.717) is 0 Å². The second kappa shape index (κ2) is 8.80. The van der Waals surface area contributed by atoms with Crippen molar-refractivity contribution in [3.05, 3.63) is 35.4 Å². The Balaban J connectivity index is 1.70. The van der Waals surface area contributed by atoms with Gasteiger partial charge in [0.1, 0.15) is 0 Å². The van der Waals surface area contributed by atoms with E-state index >= 15 is 0 Å². The first-order valence-corrected chi connectivity index (χ1v) is 8.53. The van der Waals surface area contributed by atoms with Gasteiger partial charge in [-0.1, -0.05) is 29.8 Å². The van der Waals surface area contributed by atoms with Crippen LogP contribution in [0, 0.1) is 6.92 Å². The maximum atomic E-state index is 11.9. The third-order valence-electron chi connectivity index (χ3n) is 3.99. The van der Waals surface area contributed by atoms with E-state index in [9.17, 15) is 9.59 Å². The number of imide groups is 1. The Labute approximate surface area is 144 Å². The van der Waals surface area contributed by atoms with Gasteiger partial charge >= 0.3 is 6.03 Å². The van der Waals surface area contributed by atoms with E-state index in [-0.39, 0.29) is 18.5 Å². The summed E-state index contributed by atoms with van der Waals surface area (Å²) in [6.45, 7) is 10.6. The Bertz CT molecular complexity index is 566. The Hall–Kier alpha value is -1.92. The number of piperazine rings is 1. The van der Waals surface area contributed by atoms with Crippen LogP contribution in [-0.4, -0.2) is 60.5 Å². The standard InChI is InChI=1S/C18H28N4O2/c1-14(2)19-18(24)20-17(23)13-22-9-7-21(8-10-22)12-16-6-4-5-15(3)11-16/h4-6,11,14H,7-10,12-13H2,1-3H3,(H2,19,20,23,24). The largest absolute Gasteiger partial charge is 0.336 e. The van der Waals surface area contributed by atoms with Crippen LogP contribution in [0.2, 0.25) is 0 Å². The van der Waals surface area contributed by atoms with Gasteiger partial charge in [-0.2, -0.15) is 0 Å². The van der Waals surface area contributed by atoms with E-state index in [2.05, 4.69) is 51.6 Å². The molecule has 2 N–H and O–H groups in total. The lowest BCUT2D eigenvalue weighted by Gasteiger charge is -2.34. The van der Waals surface area contributed by atoms with E-state index in [0.717, 1.165) is 32.7 Å². The molecule has 0 aliphatic carbocycles. The van der Waals surface area contributed by atoms with Gasteiger partial charge in [0, 0.05) is 38.8 Å². The van der Waals surface area contributed by atoms with Gasteiger partial charge in [0.2, 0.25) is 5.91 Å². The average molecular weight is 332 g/mol. The number of benzene rings is 1. The van der Waals surface area contributed by atoms with Crippen molar-refractivity contribution in [1.82, 2.24) is 20.4 Å². The zero-order chi connectivity index (χ0) is 17.5. The fraction of sp³-hybridized carbons (Fsp3) is 0.556. The summed E-state index contributed by atoms with van der Waals surface area (Å²) >= 11 is 0. The highest BCUT2D eigenvalue weighted by Gasteiger charge is 2.20. The van der Waals surface area contributed by atoms with Crippen molar-refractivity contribution in [2.75, 3.05) is 32.7 Å². The molecule has 0 atom stereocenters. The normalized spacial score (nSPS) is 16.2. The summed E-state index contributed by atoms with van der Waals surface area (Å²) in [6.07, 6.45) is 0. The molecule has 6 nitrogen and oxygen atoms in total. The molecule has 1 aliphatic heterocycles. The highest BCUT2D eigenvalue weighted by atomic mass is 16.2. The minimum atomic E-state index is -0.423. The van der Waals surface area contributed by atoms with Crippen LogP contribution in [0.25, 0.3) is 0 Å². The molecule has 2 rings (SSSR count). The van der Waals surface area contributed by atoms with Gasteiger partial charge in [-0.05, 0) is 26.3 Å². The summed E-state index contributed by atoms with van der Waals surface area (Å²) in [7, 11) is 0. The van der Waals surface area contributed by atoms with Gasteiger partial charge in [-0.15, -0.1) is 0 Å². The molecule has 1 aromatic carbocycles. The first kappa shape index (κ1) is 18.4. The Morgan fingerprint density at radius 2 is 1.79 bits per heavy atom. The van der Waals surface area contributed by atoms with E-state index in [4.69, 9.17) is 0 Å². The van der Waals surface area contributed by atoms with Crippen LogP contribution in [-0.2, 0) is 11.3 Å². The monoisotopic (exact) mass is 332 g/mol. The molecule has 1 saturated heterocycles. The number of nitrogens with zero attached hydrogens (tertiary/aromatic N) is 2. The van der Waals surface area contributed by atoms with Gasteiger partial charge in [-0.25, -0.2) is 4.79 Å². The second-order valence-electron chi connectivity index (χ2n) is 6.72. The SMILES string of the molecule is Cc1cccc(CN2CCN(CC(=O)NC(=O)NC(C)C)CC2)c1. The van der Waals surface area contributed by atoms with Crippen molar-refractivity contribution in [2.24, 2.45) is 0 Å². The number of nitrogens with one attached hydrogen (secondary N) is 2. The molecule has 132 valence electrons. The molecule has 1 heterocycles. The van der Waals surface area contributed by atoms with Crippen LogP contribution in [0.4, 0.5) is 4.79 Å². The van der Waals surface area contributed by atoms with Crippen molar-refractivity contribution < 1.29 is 9.59 Å². The number of carbonyl (C=O) groups is 2. The van der Waals surface area contributed by atoms with Gasteiger partial charge in [0.05, 0.1) is 6.54 Å². The topological polar surface area (TPSA) is 64.7 Å². The zero-order valence-corrected chi connectivity index (χ0v) is 14.8. The number of hydrogen-bond donors (Lipinski definition) is 2. The third-order valence-corrected chi connectivity index (χ3v) is 3.99. The van der Waals surface area contributed by atoms with E-state index in [1.807, 2.05) is 13.8 Å². The molecule has 0 saturated carbocycles. The summed E-state index contributed by atoms with van der Waals surface area (Å²) in [4.78, 5) is 27.9. The first-order valence-electron chi connectivity index (χ1n) is 8.53. The highest BCUT2D eigenvalue weighted by molar-refractivity contribution is 5.95. The molecular formula is C18H28N4O2.